The van der Waals surface area contributed by atoms with Crippen LogP contribution in [-0.2, 0) is 5.41 Å². The largest absolute Gasteiger partial charge is 0.208 e. The molecule has 0 atom stereocenters. The van der Waals surface area contributed by atoms with Crippen LogP contribution in [0.5, 0.6) is 0 Å². The summed E-state index contributed by atoms with van der Waals surface area (Å²) in [6.45, 7) is 0. The summed E-state index contributed by atoms with van der Waals surface area (Å²) in [5.41, 5.74) is 13.9. The van der Waals surface area contributed by atoms with Crippen LogP contribution >= 0.6 is 0 Å². The summed E-state index contributed by atoms with van der Waals surface area (Å²) in [6, 6.07) is 73.9. The molecule has 1 aliphatic carbocycles. The van der Waals surface area contributed by atoms with E-state index >= 15 is 0 Å². The lowest BCUT2D eigenvalue weighted by molar-refractivity contribution is 0.768. The van der Waals surface area contributed by atoms with Crippen LogP contribution in [0.3, 0.4) is 0 Å². The number of rotatable bonds is 7. The molecular formula is C53H34N4. The van der Waals surface area contributed by atoms with E-state index in [0.29, 0.717) is 23.0 Å². The van der Waals surface area contributed by atoms with Gasteiger partial charge in [0.15, 0.2) is 17.5 Å². The van der Waals surface area contributed by atoms with Crippen LogP contribution in [-0.4, -0.2) is 15.0 Å². The van der Waals surface area contributed by atoms with Gasteiger partial charge in [0.05, 0.1) is 17.0 Å². The van der Waals surface area contributed by atoms with Gasteiger partial charge in [-0.05, 0) is 56.1 Å². The van der Waals surface area contributed by atoms with E-state index in [-0.39, 0.29) is 0 Å². The van der Waals surface area contributed by atoms with Crippen LogP contribution in [0.15, 0.2) is 206 Å². The molecule has 0 bridgehead atoms. The fourth-order valence-corrected chi connectivity index (χ4v) is 8.59. The molecule has 1 aromatic heterocycles. The van der Waals surface area contributed by atoms with E-state index < -0.39 is 5.41 Å². The molecule has 1 heterocycles. The molecule has 0 spiro atoms. The quantitative estimate of drug-likeness (QED) is 0.164. The molecule has 8 aromatic carbocycles. The summed E-state index contributed by atoms with van der Waals surface area (Å²) in [5, 5.41) is 10.5. The molecule has 0 aliphatic heterocycles. The highest BCUT2D eigenvalue weighted by molar-refractivity contribution is 6.02. The molecule has 266 valence electrons. The average Bonchev–Trinajstić information content (AvgIpc) is 3.61. The van der Waals surface area contributed by atoms with Crippen molar-refractivity contribution in [3.05, 3.63) is 234 Å². The summed E-state index contributed by atoms with van der Waals surface area (Å²) < 4.78 is 0. The SMILES string of the molecule is N#Cc1ccccc1-c1c(-c2ccc(-c3nc(-c4ccccc4)nc(-c4ccccc4)n3)cc2)ccc2c1-c1ccccc1C2(c1ccccc1)c1ccccc1. The molecule has 0 N–H and O–H groups in total. The maximum atomic E-state index is 10.5. The number of nitriles is 1. The molecule has 0 unspecified atom stereocenters. The van der Waals surface area contributed by atoms with Gasteiger partial charge >= 0.3 is 0 Å². The first-order valence-corrected chi connectivity index (χ1v) is 19.1. The summed E-state index contributed by atoms with van der Waals surface area (Å²) in [7, 11) is 0. The van der Waals surface area contributed by atoms with E-state index in [1.807, 2.05) is 78.9 Å². The first kappa shape index (κ1) is 33.8. The highest BCUT2D eigenvalue weighted by Gasteiger charge is 2.47. The third-order valence-corrected chi connectivity index (χ3v) is 11.1. The normalized spacial score (nSPS) is 12.3. The zero-order chi connectivity index (χ0) is 38.2. The Hall–Kier alpha value is -7.74. The second-order valence-electron chi connectivity index (χ2n) is 14.2. The van der Waals surface area contributed by atoms with Gasteiger partial charge in [-0.3, -0.25) is 0 Å². The number of nitrogens with zero attached hydrogens (tertiary/aromatic N) is 4. The van der Waals surface area contributed by atoms with Crippen molar-refractivity contribution in [3.63, 3.8) is 0 Å². The van der Waals surface area contributed by atoms with E-state index in [4.69, 9.17) is 15.0 Å². The van der Waals surface area contributed by atoms with E-state index in [0.717, 1.165) is 50.1 Å². The fraction of sp³-hybridized carbons (Fsp3) is 0.0189. The van der Waals surface area contributed by atoms with Crippen molar-refractivity contribution in [1.82, 2.24) is 15.0 Å². The lowest BCUT2D eigenvalue weighted by Gasteiger charge is -2.34. The standard InChI is InChI=1S/C53H34N4/c54-35-40-21-13-14-26-43(40)48-44(33-34-47-49(48)45-27-15-16-28-46(45)53(47,41-22-9-3-10-23-41)42-24-11-4-12-25-42)36-29-31-39(32-30-36)52-56-50(37-17-5-1-6-18-37)55-51(57-52)38-19-7-2-8-20-38/h1-34H. The van der Waals surface area contributed by atoms with Gasteiger partial charge in [0.2, 0.25) is 0 Å². The average molecular weight is 727 g/mol. The smallest absolute Gasteiger partial charge is 0.164 e. The van der Waals surface area contributed by atoms with Crippen molar-refractivity contribution in [2.45, 2.75) is 5.41 Å². The third kappa shape index (κ3) is 5.64. The predicted octanol–water partition coefficient (Wildman–Crippen LogP) is 12.4. The van der Waals surface area contributed by atoms with Gasteiger partial charge in [0, 0.05) is 22.3 Å². The van der Waals surface area contributed by atoms with Crippen molar-refractivity contribution in [2.75, 3.05) is 0 Å². The minimum Gasteiger partial charge on any atom is -0.208 e. The molecule has 0 saturated heterocycles. The van der Waals surface area contributed by atoms with Crippen LogP contribution in [0.25, 0.3) is 67.5 Å². The Morgan fingerprint density at radius 1 is 0.333 bits per heavy atom. The Morgan fingerprint density at radius 3 is 1.32 bits per heavy atom. The summed E-state index contributed by atoms with van der Waals surface area (Å²) in [6.07, 6.45) is 0. The maximum absolute atomic E-state index is 10.5. The second-order valence-corrected chi connectivity index (χ2v) is 14.2. The molecule has 0 fully saturated rings. The Bertz CT molecular complexity index is 2840. The third-order valence-electron chi connectivity index (χ3n) is 11.1. The molecule has 57 heavy (non-hydrogen) atoms. The zero-order valence-electron chi connectivity index (χ0n) is 30.9. The van der Waals surface area contributed by atoms with E-state index in [2.05, 4.69) is 133 Å². The number of hydrogen-bond acceptors (Lipinski definition) is 4. The summed E-state index contributed by atoms with van der Waals surface area (Å²) in [5.74, 6) is 1.84. The summed E-state index contributed by atoms with van der Waals surface area (Å²) >= 11 is 0. The minimum absolute atomic E-state index is 0.571. The van der Waals surface area contributed by atoms with Gasteiger partial charge in [-0.1, -0.05) is 200 Å². The Balaban J connectivity index is 1.20. The van der Waals surface area contributed by atoms with E-state index in [1.54, 1.807) is 0 Å². The number of benzene rings is 8. The Morgan fingerprint density at radius 2 is 0.772 bits per heavy atom. The first-order valence-electron chi connectivity index (χ1n) is 19.1. The van der Waals surface area contributed by atoms with Crippen LogP contribution in [0.4, 0.5) is 0 Å². The van der Waals surface area contributed by atoms with Crippen molar-refractivity contribution in [3.8, 4) is 73.6 Å². The molecule has 4 nitrogen and oxygen atoms in total. The maximum Gasteiger partial charge on any atom is 0.164 e. The van der Waals surface area contributed by atoms with Gasteiger partial charge in [-0.25, -0.2) is 15.0 Å². The topological polar surface area (TPSA) is 62.5 Å². The van der Waals surface area contributed by atoms with Gasteiger partial charge in [0.1, 0.15) is 0 Å². The van der Waals surface area contributed by atoms with Gasteiger partial charge in [-0.15, -0.1) is 0 Å². The molecule has 0 radical (unpaired) electrons. The summed E-state index contributed by atoms with van der Waals surface area (Å²) in [4.78, 5) is 14.8. The highest BCUT2D eigenvalue weighted by Crippen LogP contribution is 2.59. The first-order chi connectivity index (χ1) is 28.2. The fourth-order valence-electron chi connectivity index (χ4n) is 8.59. The van der Waals surface area contributed by atoms with Crippen LogP contribution in [0, 0.1) is 11.3 Å². The van der Waals surface area contributed by atoms with Crippen molar-refractivity contribution < 1.29 is 0 Å². The Kier molecular flexibility index (Phi) is 8.39. The Labute approximate surface area is 332 Å². The minimum atomic E-state index is -0.571. The van der Waals surface area contributed by atoms with Gasteiger partial charge < -0.3 is 0 Å². The molecular weight excluding hydrogens is 693 g/mol. The lowest BCUT2D eigenvalue weighted by atomic mass is 9.67. The van der Waals surface area contributed by atoms with E-state index in [1.165, 1.54) is 22.3 Å². The van der Waals surface area contributed by atoms with Crippen LogP contribution in [0.2, 0.25) is 0 Å². The second kappa shape index (κ2) is 14.2. The molecule has 0 saturated carbocycles. The number of fused-ring (bicyclic) bond motifs is 3. The molecule has 9 aromatic rings. The molecule has 1 aliphatic rings. The number of aromatic nitrogens is 3. The molecule has 4 heteroatoms. The van der Waals surface area contributed by atoms with Crippen LogP contribution < -0.4 is 0 Å². The van der Waals surface area contributed by atoms with Gasteiger partial charge in [-0.2, -0.15) is 5.26 Å². The van der Waals surface area contributed by atoms with Gasteiger partial charge in [0.25, 0.3) is 0 Å². The highest BCUT2D eigenvalue weighted by atomic mass is 15.0. The number of hydrogen-bond donors (Lipinski definition) is 0. The molecule has 10 rings (SSSR count). The van der Waals surface area contributed by atoms with Crippen molar-refractivity contribution in [1.29, 1.82) is 5.26 Å². The zero-order valence-corrected chi connectivity index (χ0v) is 30.9. The van der Waals surface area contributed by atoms with Crippen molar-refractivity contribution >= 4 is 0 Å². The van der Waals surface area contributed by atoms with Crippen LogP contribution in [0.1, 0.15) is 27.8 Å². The predicted molar refractivity (Wildman–Crippen MR) is 229 cm³/mol. The molecule has 0 amide bonds. The lowest BCUT2D eigenvalue weighted by Crippen LogP contribution is -2.28. The monoisotopic (exact) mass is 726 g/mol. The van der Waals surface area contributed by atoms with Crippen molar-refractivity contribution in [2.24, 2.45) is 0 Å². The van der Waals surface area contributed by atoms with E-state index in [9.17, 15) is 5.26 Å².